The number of aromatic nitrogens is 3. The summed E-state index contributed by atoms with van der Waals surface area (Å²) < 4.78 is 0. The maximum Gasteiger partial charge on any atom is 0.0972 e. The Labute approximate surface area is 387 Å². The molecule has 0 saturated carbocycles. The molecule has 14 rings (SSSR count). The van der Waals surface area contributed by atoms with Gasteiger partial charge in [0.1, 0.15) is 0 Å². The van der Waals surface area contributed by atoms with Crippen LogP contribution in [0.15, 0.2) is 237 Å². The molecule has 10 aromatic carbocycles. The van der Waals surface area contributed by atoms with Gasteiger partial charge in [0, 0.05) is 38.2 Å². The number of rotatable bonds is 5. The van der Waals surface area contributed by atoms with Crippen molar-refractivity contribution in [1.29, 1.82) is 0 Å². The Bertz CT molecular complexity index is 4100. The van der Waals surface area contributed by atoms with Gasteiger partial charge in [0.2, 0.25) is 0 Å². The van der Waals surface area contributed by atoms with Crippen molar-refractivity contribution in [3.63, 3.8) is 0 Å². The summed E-state index contributed by atoms with van der Waals surface area (Å²) in [6.45, 7) is 0. The van der Waals surface area contributed by atoms with E-state index in [1.165, 1.54) is 54.9 Å². The molecular weight excluding hydrogens is 811 g/mol. The SMILES string of the molecule is c1ccc(-c2ccc3ccc4ccc(-c5ccc(-c6nc7ccc8c(c7c7ccccc67)C(c6ccccc6)(c6ccccc6)c6ccccc6-8)c6cc7ccccc7cc56)nc4c3n2)cc1. The molecule has 1 aliphatic rings. The number of nitrogens with zero attached hydrogens (tertiary/aromatic N) is 3. The minimum Gasteiger partial charge on any atom is -0.247 e. The van der Waals surface area contributed by atoms with Crippen molar-refractivity contribution < 1.29 is 0 Å². The van der Waals surface area contributed by atoms with Crippen LogP contribution in [0.4, 0.5) is 0 Å². The molecule has 13 aromatic rings. The third kappa shape index (κ3) is 5.55. The standard InChI is InChI=1S/C64H39N3/c1-4-16-40(17-5-1)56-35-30-41-28-29-42-31-36-57(66-62(42)61(41)65-56)48-32-33-52(54-39-44-19-11-10-18-43(44)38-53(48)54)63-51-26-13-12-25-49(51)59-58(67-63)37-34-50-47-24-14-15-27-55(47)64(60(50)59,45-20-6-2-7-21-45)46-22-8-3-9-23-46/h1-39H. The summed E-state index contributed by atoms with van der Waals surface area (Å²) in [5, 5.41) is 10.2. The molecule has 0 amide bonds. The maximum atomic E-state index is 5.78. The van der Waals surface area contributed by atoms with E-state index in [2.05, 4.69) is 231 Å². The van der Waals surface area contributed by atoms with Crippen LogP contribution in [0.5, 0.6) is 0 Å². The summed E-state index contributed by atoms with van der Waals surface area (Å²) in [7, 11) is 0. The van der Waals surface area contributed by atoms with E-state index < -0.39 is 5.41 Å². The summed E-state index contributed by atoms with van der Waals surface area (Å²) in [6.07, 6.45) is 0. The lowest BCUT2D eigenvalue weighted by atomic mass is 9.66. The molecular formula is C64H39N3. The van der Waals surface area contributed by atoms with E-state index in [1.807, 2.05) is 6.07 Å². The largest absolute Gasteiger partial charge is 0.247 e. The highest BCUT2D eigenvalue weighted by molar-refractivity contribution is 6.19. The Morgan fingerprint density at radius 1 is 0.313 bits per heavy atom. The summed E-state index contributed by atoms with van der Waals surface area (Å²) in [5.41, 5.74) is 15.8. The molecule has 310 valence electrons. The smallest absolute Gasteiger partial charge is 0.0972 e. The molecule has 0 aliphatic heterocycles. The van der Waals surface area contributed by atoms with Gasteiger partial charge in [0.25, 0.3) is 0 Å². The lowest BCUT2D eigenvalue weighted by molar-refractivity contribution is 0.776. The topological polar surface area (TPSA) is 38.7 Å². The highest BCUT2D eigenvalue weighted by atomic mass is 14.8. The zero-order chi connectivity index (χ0) is 44.1. The highest BCUT2D eigenvalue weighted by Gasteiger charge is 2.47. The van der Waals surface area contributed by atoms with Crippen molar-refractivity contribution in [2.24, 2.45) is 0 Å². The quantitative estimate of drug-likeness (QED) is 0.128. The summed E-state index contributed by atoms with van der Waals surface area (Å²) in [6, 6.07) is 85.7. The molecule has 0 fully saturated rings. The number of hydrogen-bond acceptors (Lipinski definition) is 3. The van der Waals surface area contributed by atoms with Crippen molar-refractivity contribution in [3.05, 3.63) is 259 Å². The van der Waals surface area contributed by atoms with Gasteiger partial charge in [0.05, 0.1) is 39.0 Å². The molecule has 0 unspecified atom stereocenters. The van der Waals surface area contributed by atoms with Crippen molar-refractivity contribution in [2.75, 3.05) is 0 Å². The van der Waals surface area contributed by atoms with E-state index in [-0.39, 0.29) is 0 Å². The van der Waals surface area contributed by atoms with Crippen molar-refractivity contribution >= 4 is 65.0 Å². The molecule has 0 N–H and O–H groups in total. The molecule has 3 aromatic heterocycles. The predicted molar refractivity (Wildman–Crippen MR) is 278 cm³/mol. The van der Waals surface area contributed by atoms with Gasteiger partial charge in [0.15, 0.2) is 0 Å². The fourth-order valence-corrected chi connectivity index (χ4v) is 11.3. The number of hydrogen-bond donors (Lipinski definition) is 0. The first-order valence-corrected chi connectivity index (χ1v) is 23.0. The van der Waals surface area contributed by atoms with Crippen molar-refractivity contribution in [2.45, 2.75) is 5.41 Å². The lowest BCUT2D eigenvalue weighted by Gasteiger charge is -2.35. The number of fused-ring (bicyclic) bond motifs is 12. The average molecular weight is 850 g/mol. The molecule has 3 heterocycles. The van der Waals surface area contributed by atoms with E-state index >= 15 is 0 Å². The molecule has 1 aliphatic carbocycles. The molecule has 3 heteroatoms. The van der Waals surface area contributed by atoms with Crippen LogP contribution in [0.2, 0.25) is 0 Å². The average Bonchev–Trinajstić information content (AvgIpc) is 3.71. The number of benzene rings is 10. The Hall–Kier alpha value is -8.79. The molecule has 0 spiro atoms. The Balaban J connectivity index is 1.03. The van der Waals surface area contributed by atoms with Gasteiger partial charge < -0.3 is 0 Å². The minimum atomic E-state index is -0.565. The fraction of sp³-hybridized carbons (Fsp3) is 0.0156. The van der Waals surface area contributed by atoms with Gasteiger partial charge >= 0.3 is 0 Å². The normalized spacial score (nSPS) is 12.9. The molecule has 0 saturated heterocycles. The first kappa shape index (κ1) is 37.6. The van der Waals surface area contributed by atoms with Crippen LogP contribution in [-0.2, 0) is 5.41 Å². The third-order valence-corrected chi connectivity index (χ3v) is 14.3. The zero-order valence-electron chi connectivity index (χ0n) is 36.4. The molecule has 3 nitrogen and oxygen atoms in total. The van der Waals surface area contributed by atoms with Crippen LogP contribution in [0, 0.1) is 0 Å². The van der Waals surface area contributed by atoms with Gasteiger partial charge in [-0.15, -0.1) is 0 Å². The van der Waals surface area contributed by atoms with Gasteiger partial charge in [-0.05, 0) is 90.6 Å². The van der Waals surface area contributed by atoms with Crippen LogP contribution < -0.4 is 0 Å². The maximum absolute atomic E-state index is 5.78. The fourth-order valence-electron chi connectivity index (χ4n) is 11.3. The lowest BCUT2D eigenvalue weighted by Crippen LogP contribution is -2.28. The Kier molecular flexibility index (Phi) is 8.20. The van der Waals surface area contributed by atoms with Crippen molar-refractivity contribution in [1.82, 2.24) is 15.0 Å². The number of pyridine rings is 3. The predicted octanol–water partition coefficient (Wildman–Crippen LogP) is 16.2. The summed E-state index contributed by atoms with van der Waals surface area (Å²) >= 11 is 0. The van der Waals surface area contributed by atoms with E-state index in [0.717, 1.165) is 77.3 Å². The van der Waals surface area contributed by atoms with Crippen LogP contribution in [0.1, 0.15) is 22.3 Å². The minimum absolute atomic E-state index is 0.565. The second kappa shape index (κ2) is 14.6. The van der Waals surface area contributed by atoms with E-state index in [9.17, 15) is 0 Å². The van der Waals surface area contributed by atoms with Crippen molar-refractivity contribution in [3.8, 4) is 44.9 Å². The monoisotopic (exact) mass is 849 g/mol. The van der Waals surface area contributed by atoms with E-state index in [4.69, 9.17) is 15.0 Å². The van der Waals surface area contributed by atoms with Crippen LogP contribution in [0.25, 0.3) is 110 Å². The molecule has 0 atom stereocenters. The summed E-state index contributed by atoms with van der Waals surface area (Å²) in [5.74, 6) is 0. The second-order valence-corrected chi connectivity index (χ2v) is 17.8. The highest BCUT2D eigenvalue weighted by Crippen LogP contribution is 2.59. The Morgan fingerprint density at radius 2 is 0.836 bits per heavy atom. The first-order valence-electron chi connectivity index (χ1n) is 23.0. The Morgan fingerprint density at radius 3 is 1.54 bits per heavy atom. The van der Waals surface area contributed by atoms with Crippen LogP contribution >= 0.6 is 0 Å². The van der Waals surface area contributed by atoms with Gasteiger partial charge in [-0.25, -0.2) is 15.0 Å². The van der Waals surface area contributed by atoms with Gasteiger partial charge in [-0.1, -0.05) is 206 Å². The third-order valence-electron chi connectivity index (χ3n) is 14.3. The summed E-state index contributed by atoms with van der Waals surface area (Å²) in [4.78, 5) is 16.5. The zero-order valence-corrected chi connectivity index (χ0v) is 36.4. The van der Waals surface area contributed by atoms with Gasteiger partial charge in [-0.3, -0.25) is 0 Å². The van der Waals surface area contributed by atoms with Crippen LogP contribution in [0.3, 0.4) is 0 Å². The second-order valence-electron chi connectivity index (χ2n) is 17.8. The van der Waals surface area contributed by atoms with E-state index in [0.29, 0.717) is 0 Å². The molecule has 67 heavy (non-hydrogen) atoms. The molecule has 0 bridgehead atoms. The van der Waals surface area contributed by atoms with Crippen LogP contribution in [-0.4, -0.2) is 15.0 Å². The van der Waals surface area contributed by atoms with Gasteiger partial charge in [-0.2, -0.15) is 0 Å². The first-order chi connectivity index (χ1) is 33.2. The van der Waals surface area contributed by atoms with E-state index in [1.54, 1.807) is 0 Å². The molecule has 0 radical (unpaired) electrons.